The molecule has 7 nitrogen and oxygen atoms in total. The van der Waals surface area contributed by atoms with Crippen molar-refractivity contribution >= 4 is 33.7 Å². The smallest absolute Gasteiger partial charge is 0.255 e. The molecule has 0 radical (unpaired) electrons. The van der Waals surface area contributed by atoms with Gasteiger partial charge in [0.05, 0.1) is 27.7 Å². The quantitative estimate of drug-likeness (QED) is 0.209. The zero-order valence-electron chi connectivity index (χ0n) is 24.2. The number of carbonyl (C=O) groups is 2. The summed E-state index contributed by atoms with van der Waals surface area (Å²) in [5.41, 5.74) is 1.37. The van der Waals surface area contributed by atoms with Crippen molar-refractivity contribution < 1.29 is 27.2 Å². The number of hydrogen-bond acceptors (Lipinski definition) is 5. The lowest BCUT2D eigenvalue weighted by Gasteiger charge is -2.19. The second kappa shape index (κ2) is 10.6. The zero-order chi connectivity index (χ0) is 31.5. The molecule has 1 saturated carbocycles. The van der Waals surface area contributed by atoms with Gasteiger partial charge in [-0.3, -0.25) is 19.6 Å². The van der Waals surface area contributed by atoms with Gasteiger partial charge < -0.3 is 15.1 Å². The molecule has 7 rings (SSSR count). The van der Waals surface area contributed by atoms with E-state index in [0.717, 1.165) is 17.0 Å². The highest BCUT2D eigenvalue weighted by molar-refractivity contribution is 6.12. The Morgan fingerprint density at radius 2 is 1.69 bits per heavy atom. The molecule has 10 heteroatoms. The molecule has 0 atom stereocenters. The van der Waals surface area contributed by atoms with Crippen LogP contribution in [0.25, 0.3) is 44.3 Å². The number of aromatic nitrogens is 2. The van der Waals surface area contributed by atoms with Gasteiger partial charge in [-0.05, 0) is 97.6 Å². The number of pyridine rings is 2. The molecular formula is C35H25F3N4O3. The lowest BCUT2D eigenvalue weighted by Crippen LogP contribution is -2.35. The molecule has 2 N–H and O–H groups in total. The molecule has 2 amide bonds. The summed E-state index contributed by atoms with van der Waals surface area (Å²) < 4.78 is 51.3. The second-order valence-corrected chi connectivity index (χ2v) is 11.1. The van der Waals surface area contributed by atoms with Crippen LogP contribution in [-0.4, -0.2) is 28.8 Å². The van der Waals surface area contributed by atoms with E-state index in [4.69, 9.17) is 9.40 Å². The highest BCUT2D eigenvalue weighted by Gasteiger charge is 2.47. The molecule has 0 bridgehead atoms. The van der Waals surface area contributed by atoms with Crippen molar-refractivity contribution in [3.63, 3.8) is 0 Å². The summed E-state index contributed by atoms with van der Waals surface area (Å²) in [6.45, 7) is 1.49. The molecule has 0 aliphatic heterocycles. The summed E-state index contributed by atoms with van der Waals surface area (Å²) in [6.07, 6.45) is 4.68. The van der Waals surface area contributed by atoms with Crippen LogP contribution in [0, 0.1) is 24.4 Å². The average Bonchev–Trinajstić information content (AvgIpc) is 3.72. The summed E-state index contributed by atoms with van der Waals surface area (Å²) in [6, 6.07) is 16.3. The standard InChI is InChI=1S/C35H25F3N4O3/c1-18-24(23-8-9-27-29(31(23)38)30(34(44)39-2)32(45-27)19-3-6-22(36)7-4-19)15-21(16-25(18)37)33(43)42-35(12-13-35)28-10-5-20-17-40-14-11-26(20)41-28/h3-11,14-17H,12-13H2,1-2H3,(H,39,44)(H,42,43). The van der Waals surface area contributed by atoms with Gasteiger partial charge >= 0.3 is 0 Å². The van der Waals surface area contributed by atoms with E-state index in [9.17, 15) is 14.0 Å². The van der Waals surface area contributed by atoms with Crippen LogP contribution >= 0.6 is 0 Å². The summed E-state index contributed by atoms with van der Waals surface area (Å²) in [5.74, 6) is -3.08. The van der Waals surface area contributed by atoms with Crippen molar-refractivity contribution in [3.8, 4) is 22.5 Å². The lowest BCUT2D eigenvalue weighted by atomic mass is 9.94. The van der Waals surface area contributed by atoms with E-state index in [0.29, 0.717) is 24.1 Å². The zero-order valence-corrected chi connectivity index (χ0v) is 24.2. The highest BCUT2D eigenvalue weighted by atomic mass is 19.1. The molecule has 0 saturated heterocycles. The molecule has 3 aromatic heterocycles. The topological polar surface area (TPSA) is 97.1 Å². The van der Waals surface area contributed by atoms with Crippen LogP contribution in [0.4, 0.5) is 13.2 Å². The SMILES string of the molecule is CNC(=O)c1c(-c2ccc(F)cc2)oc2ccc(-c3cc(C(=O)NC4(c5ccc6cnccc6n5)CC4)cc(F)c3C)c(F)c12. The number of hydrogen-bond donors (Lipinski definition) is 2. The minimum absolute atomic E-state index is 0.00887. The van der Waals surface area contributed by atoms with E-state index in [1.807, 2.05) is 12.1 Å². The fraction of sp³-hybridized carbons (Fsp3) is 0.143. The number of halogens is 3. The predicted octanol–water partition coefficient (Wildman–Crippen LogP) is 7.21. The number of fused-ring (bicyclic) bond motifs is 2. The van der Waals surface area contributed by atoms with E-state index in [2.05, 4.69) is 15.6 Å². The number of rotatable bonds is 6. The van der Waals surface area contributed by atoms with Crippen molar-refractivity contribution in [2.75, 3.05) is 7.05 Å². The molecular weight excluding hydrogens is 581 g/mol. The monoisotopic (exact) mass is 606 g/mol. The van der Waals surface area contributed by atoms with E-state index >= 15 is 8.78 Å². The van der Waals surface area contributed by atoms with Crippen LogP contribution in [0.5, 0.6) is 0 Å². The number of amides is 2. The van der Waals surface area contributed by atoms with Gasteiger partial charge in [0.15, 0.2) is 0 Å². The predicted molar refractivity (Wildman–Crippen MR) is 163 cm³/mol. The second-order valence-electron chi connectivity index (χ2n) is 11.1. The summed E-state index contributed by atoms with van der Waals surface area (Å²) in [7, 11) is 1.40. The molecule has 1 aliphatic carbocycles. The third-order valence-electron chi connectivity index (χ3n) is 8.33. The van der Waals surface area contributed by atoms with Gasteiger partial charge in [-0.25, -0.2) is 13.2 Å². The molecule has 3 aromatic carbocycles. The van der Waals surface area contributed by atoms with Gasteiger partial charge in [0, 0.05) is 41.5 Å². The van der Waals surface area contributed by atoms with Crippen molar-refractivity contribution in [2.24, 2.45) is 0 Å². The normalized spacial score (nSPS) is 13.6. The van der Waals surface area contributed by atoms with Crippen LogP contribution in [-0.2, 0) is 5.54 Å². The molecule has 45 heavy (non-hydrogen) atoms. The van der Waals surface area contributed by atoms with Crippen LogP contribution in [0.3, 0.4) is 0 Å². The van der Waals surface area contributed by atoms with Gasteiger partial charge in [-0.2, -0.15) is 0 Å². The molecule has 3 heterocycles. The Hall–Kier alpha value is -5.51. The van der Waals surface area contributed by atoms with E-state index in [1.165, 1.54) is 56.4 Å². The van der Waals surface area contributed by atoms with Gasteiger partial charge in [0.25, 0.3) is 11.8 Å². The first kappa shape index (κ1) is 28.3. The maximum Gasteiger partial charge on any atom is 0.255 e. The van der Waals surface area contributed by atoms with Crippen molar-refractivity contribution in [1.82, 2.24) is 20.6 Å². The van der Waals surface area contributed by atoms with E-state index in [1.54, 1.807) is 18.5 Å². The van der Waals surface area contributed by atoms with Crippen molar-refractivity contribution in [3.05, 3.63) is 119 Å². The Morgan fingerprint density at radius 3 is 2.42 bits per heavy atom. The van der Waals surface area contributed by atoms with Crippen molar-refractivity contribution in [2.45, 2.75) is 25.3 Å². The first-order valence-electron chi connectivity index (χ1n) is 14.3. The average molecular weight is 607 g/mol. The summed E-state index contributed by atoms with van der Waals surface area (Å²) in [4.78, 5) is 35.4. The third-order valence-corrected chi connectivity index (χ3v) is 8.33. The highest BCUT2D eigenvalue weighted by Crippen LogP contribution is 2.45. The van der Waals surface area contributed by atoms with Gasteiger partial charge in [0.1, 0.15) is 28.8 Å². The fourth-order valence-corrected chi connectivity index (χ4v) is 5.69. The first-order chi connectivity index (χ1) is 21.7. The fourth-order valence-electron chi connectivity index (χ4n) is 5.69. The van der Waals surface area contributed by atoms with Gasteiger partial charge in [0.2, 0.25) is 0 Å². The number of carbonyl (C=O) groups excluding carboxylic acids is 2. The minimum atomic E-state index is -0.822. The van der Waals surface area contributed by atoms with Gasteiger partial charge in [-0.15, -0.1) is 0 Å². The van der Waals surface area contributed by atoms with Crippen molar-refractivity contribution in [1.29, 1.82) is 0 Å². The molecule has 1 fully saturated rings. The molecule has 224 valence electrons. The Labute approximate surface area is 255 Å². The Bertz CT molecular complexity index is 2170. The van der Waals surface area contributed by atoms with Crippen LogP contribution in [0.1, 0.15) is 44.8 Å². The Kier molecular flexibility index (Phi) is 6.65. The summed E-state index contributed by atoms with van der Waals surface area (Å²) in [5, 5.41) is 6.28. The van der Waals surface area contributed by atoms with E-state index < -0.39 is 34.8 Å². The molecule has 1 aliphatic rings. The van der Waals surface area contributed by atoms with Crippen LogP contribution < -0.4 is 10.6 Å². The maximum atomic E-state index is 16.4. The molecule has 0 unspecified atom stereocenters. The molecule has 0 spiro atoms. The Balaban J connectivity index is 1.29. The Morgan fingerprint density at radius 1 is 0.911 bits per heavy atom. The number of nitrogens with one attached hydrogen (secondary N) is 2. The summed E-state index contributed by atoms with van der Waals surface area (Å²) >= 11 is 0. The first-order valence-corrected chi connectivity index (χ1v) is 14.3. The van der Waals surface area contributed by atoms with Crippen LogP contribution in [0.15, 0.2) is 83.5 Å². The molecule has 6 aromatic rings. The lowest BCUT2D eigenvalue weighted by molar-refractivity contribution is 0.0927. The minimum Gasteiger partial charge on any atom is -0.455 e. The number of nitrogens with zero attached hydrogens (tertiary/aromatic N) is 2. The number of furan rings is 1. The number of benzene rings is 3. The third kappa shape index (κ3) is 4.79. The largest absolute Gasteiger partial charge is 0.455 e. The maximum absolute atomic E-state index is 16.4. The van der Waals surface area contributed by atoms with Gasteiger partial charge in [-0.1, -0.05) is 0 Å². The van der Waals surface area contributed by atoms with Crippen LogP contribution in [0.2, 0.25) is 0 Å². The van der Waals surface area contributed by atoms with E-state index in [-0.39, 0.29) is 44.5 Å².